The molecule has 0 heterocycles. The van der Waals surface area contributed by atoms with Crippen LogP contribution < -0.4 is 10.2 Å². The number of quaternary nitrogens is 1. The molecular formula is C18H23NO3P+. The zero-order chi connectivity index (χ0) is 16.5. The molecule has 2 atom stereocenters. The van der Waals surface area contributed by atoms with E-state index in [1.807, 2.05) is 66.0 Å². The van der Waals surface area contributed by atoms with E-state index in [9.17, 15) is 9.46 Å². The summed E-state index contributed by atoms with van der Waals surface area (Å²) in [4.78, 5) is 11.6. The molecule has 0 radical (unpaired) electrons. The van der Waals surface area contributed by atoms with Crippen molar-refractivity contribution in [2.75, 3.05) is 6.61 Å². The van der Waals surface area contributed by atoms with Crippen LogP contribution in [0.3, 0.4) is 0 Å². The van der Waals surface area contributed by atoms with E-state index in [1.165, 1.54) is 0 Å². The Labute approximate surface area is 138 Å². The van der Waals surface area contributed by atoms with Gasteiger partial charge in [0.15, 0.2) is 0 Å². The quantitative estimate of drug-likeness (QED) is 0.544. The van der Waals surface area contributed by atoms with E-state index >= 15 is 0 Å². The summed E-state index contributed by atoms with van der Waals surface area (Å²) >= 11 is 0. The minimum Gasteiger partial charge on any atom is -0.591 e. The van der Waals surface area contributed by atoms with Crippen LogP contribution in [0.4, 0.5) is 0 Å². The number of unbranched alkanes of at least 4 members (excludes halogenated alkanes) is 1. The Hall–Kier alpha value is -1.58. The number of benzene rings is 2. The van der Waals surface area contributed by atoms with Crippen molar-refractivity contribution in [2.24, 2.45) is 0 Å². The predicted molar refractivity (Wildman–Crippen MR) is 89.0 cm³/mol. The summed E-state index contributed by atoms with van der Waals surface area (Å²) in [5.41, 5.74) is 2.17. The van der Waals surface area contributed by atoms with Crippen LogP contribution in [0.25, 0.3) is 0 Å². The molecule has 122 valence electrons. The molecule has 0 aliphatic carbocycles. The molecule has 0 spiro atoms. The van der Waals surface area contributed by atoms with Crippen molar-refractivity contribution < 1.29 is 19.9 Å². The second-order valence-corrected chi connectivity index (χ2v) is 6.80. The van der Waals surface area contributed by atoms with E-state index in [2.05, 4.69) is 0 Å². The lowest BCUT2D eigenvalue weighted by Gasteiger charge is -2.19. The highest BCUT2D eigenvalue weighted by Crippen LogP contribution is 2.22. The van der Waals surface area contributed by atoms with E-state index < -0.39 is 13.8 Å². The number of rotatable bonds is 9. The van der Waals surface area contributed by atoms with Crippen molar-refractivity contribution in [3.05, 3.63) is 71.8 Å². The maximum Gasteiger partial charge on any atom is 0.373 e. The van der Waals surface area contributed by atoms with Crippen molar-refractivity contribution in [1.82, 2.24) is 0 Å². The monoisotopic (exact) mass is 332 g/mol. The largest absolute Gasteiger partial charge is 0.591 e. The zero-order valence-electron chi connectivity index (χ0n) is 13.0. The molecule has 0 aliphatic rings. The maximum absolute atomic E-state index is 11.6. The Kier molecular flexibility index (Phi) is 7.37. The van der Waals surface area contributed by atoms with Gasteiger partial charge in [-0.1, -0.05) is 65.2 Å². The lowest BCUT2D eigenvalue weighted by Crippen LogP contribution is -2.90. The van der Waals surface area contributed by atoms with Crippen LogP contribution in [0.2, 0.25) is 0 Å². The third kappa shape index (κ3) is 5.52. The molecular weight excluding hydrogens is 309 g/mol. The lowest BCUT2D eigenvalue weighted by atomic mass is 9.98. The average Bonchev–Trinajstić information content (AvgIpc) is 2.59. The normalized spacial score (nSPS) is 13.1. The van der Waals surface area contributed by atoms with E-state index in [0.717, 1.165) is 11.1 Å². The molecule has 0 saturated heterocycles. The highest BCUT2D eigenvalue weighted by molar-refractivity contribution is 7.36. The average molecular weight is 332 g/mol. The summed E-state index contributed by atoms with van der Waals surface area (Å²) in [5, 5.41) is 10.8. The third-order valence-corrected chi connectivity index (χ3v) is 4.88. The lowest BCUT2D eigenvalue weighted by molar-refractivity contribution is -0.704. The van der Waals surface area contributed by atoms with Gasteiger partial charge in [0.05, 0.1) is 0 Å². The molecule has 0 aromatic heterocycles. The van der Waals surface area contributed by atoms with Gasteiger partial charge in [0.1, 0.15) is 6.04 Å². The van der Waals surface area contributed by atoms with Gasteiger partial charge in [0.2, 0.25) is 0 Å². The van der Waals surface area contributed by atoms with Crippen molar-refractivity contribution >= 4 is 8.03 Å². The Bertz CT molecular complexity index is 552. The van der Waals surface area contributed by atoms with Gasteiger partial charge in [0, 0.05) is 24.2 Å². The van der Waals surface area contributed by atoms with Crippen LogP contribution in [0, 0.1) is 0 Å². The topological polar surface area (TPSA) is 77.0 Å². The highest BCUT2D eigenvalue weighted by atomic mass is 31.1. The number of hydrogen-bond donors (Lipinski definition) is 2. The molecule has 0 aliphatic heterocycles. The molecule has 4 nitrogen and oxygen atoms in total. The molecule has 0 saturated carbocycles. The fourth-order valence-corrected chi connectivity index (χ4v) is 3.40. The first-order chi connectivity index (χ1) is 11.2. The standard InChI is InChI=1S/C18H22NO3P/c20-14-8-7-13-17(23(21)22)19-18(15-9-3-1-4-10-15)16-11-5-2-6-12-16/h1-6,9-12,17-20H,7-8,13-14H2/p+1. The van der Waals surface area contributed by atoms with Crippen LogP contribution in [-0.4, -0.2) is 17.5 Å². The fraction of sp³-hybridized carbons (Fsp3) is 0.333. The Morgan fingerprint density at radius 1 is 0.957 bits per heavy atom. The first-order valence-corrected chi connectivity index (χ1v) is 9.16. The van der Waals surface area contributed by atoms with Gasteiger partial charge in [-0.25, -0.2) is 0 Å². The van der Waals surface area contributed by atoms with Crippen LogP contribution in [-0.2, 0) is 4.57 Å². The summed E-state index contributed by atoms with van der Waals surface area (Å²) in [6.45, 7) is 0.100. The van der Waals surface area contributed by atoms with Gasteiger partial charge in [0.25, 0.3) is 5.78 Å². The smallest absolute Gasteiger partial charge is 0.373 e. The third-order valence-electron chi connectivity index (χ3n) is 3.91. The van der Waals surface area contributed by atoms with E-state index in [1.54, 1.807) is 0 Å². The summed E-state index contributed by atoms with van der Waals surface area (Å²) in [7, 11) is -2.53. The Morgan fingerprint density at radius 3 is 1.91 bits per heavy atom. The SMILES string of the molecule is O=[P+]([O-])C(CCCCO)[NH2+]C(c1ccccc1)c1ccccc1. The molecule has 2 unspecified atom stereocenters. The number of aliphatic hydroxyl groups excluding tert-OH is 1. The van der Waals surface area contributed by atoms with Crippen LogP contribution in [0.15, 0.2) is 60.7 Å². The van der Waals surface area contributed by atoms with Crippen molar-refractivity contribution in [1.29, 1.82) is 0 Å². The van der Waals surface area contributed by atoms with E-state index in [0.29, 0.717) is 19.3 Å². The van der Waals surface area contributed by atoms with Crippen molar-refractivity contribution in [2.45, 2.75) is 31.1 Å². The summed E-state index contributed by atoms with van der Waals surface area (Å²) in [5.74, 6) is -0.484. The van der Waals surface area contributed by atoms with Gasteiger partial charge in [-0.15, -0.1) is 0 Å². The molecule has 3 N–H and O–H groups in total. The highest BCUT2D eigenvalue weighted by Gasteiger charge is 2.30. The Balaban J connectivity index is 2.21. The van der Waals surface area contributed by atoms with Gasteiger partial charge in [-0.3, -0.25) is 5.32 Å². The maximum atomic E-state index is 11.6. The first kappa shape index (κ1) is 17.8. The van der Waals surface area contributed by atoms with Crippen molar-refractivity contribution in [3.63, 3.8) is 0 Å². The molecule has 2 aromatic carbocycles. The van der Waals surface area contributed by atoms with Crippen LogP contribution in [0.5, 0.6) is 0 Å². The number of aliphatic hydroxyl groups is 1. The van der Waals surface area contributed by atoms with Crippen LogP contribution in [0.1, 0.15) is 36.4 Å². The molecule has 2 rings (SSSR count). The predicted octanol–water partition coefficient (Wildman–Crippen LogP) is 1.93. The molecule has 0 amide bonds. The first-order valence-electron chi connectivity index (χ1n) is 7.91. The second kappa shape index (κ2) is 9.53. The fourth-order valence-electron chi connectivity index (χ4n) is 2.69. The minimum absolute atomic E-state index is 0.0515. The summed E-state index contributed by atoms with van der Waals surface area (Å²) in [6.07, 6.45) is 1.89. The van der Waals surface area contributed by atoms with Gasteiger partial charge in [-0.2, -0.15) is 0 Å². The summed E-state index contributed by atoms with van der Waals surface area (Å²) < 4.78 is 11.6. The number of nitrogens with two attached hydrogens (primary N) is 1. The molecule has 0 bridgehead atoms. The Morgan fingerprint density at radius 2 is 1.48 bits per heavy atom. The van der Waals surface area contributed by atoms with E-state index in [4.69, 9.17) is 5.11 Å². The van der Waals surface area contributed by atoms with Crippen LogP contribution >= 0.6 is 8.03 Å². The zero-order valence-corrected chi connectivity index (χ0v) is 13.9. The summed E-state index contributed by atoms with van der Waals surface area (Å²) in [6, 6.07) is 19.8. The van der Waals surface area contributed by atoms with Gasteiger partial charge < -0.3 is 10.00 Å². The minimum atomic E-state index is -2.53. The molecule has 0 fully saturated rings. The van der Waals surface area contributed by atoms with Crippen molar-refractivity contribution in [3.8, 4) is 0 Å². The molecule has 23 heavy (non-hydrogen) atoms. The second-order valence-electron chi connectivity index (χ2n) is 5.56. The van der Waals surface area contributed by atoms with Gasteiger partial charge in [-0.05, 0) is 12.8 Å². The van der Waals surface area contributed by atoms with Gasteiger partial charge >= 0.3 is 8.03 Å². The number of hydrogen-bond acceptors (Lipinski definition) is 3. The van der Waals surface area contributed by atoms with E-state index in [-0.39, 0.29) is 12.6 Å². The molecule has 5 heteroatoms. The molecule has 2 aromatic rings.